The van der Waals surface area contributed by atoms with E-state index in [0.29, 0.717) is 12.4 Å². The highest BCUT2D eigenvalue weighted by molar-refractivity contribution is 5.81. The summed E-state index contributed by atoms with van der Waals surface area (Å²) in [5.74, 6) is 0.649. The maximum atomic E-state index is 11.8. The van der Waals surface area contributed by atoms with Crippen molar-refractivity contribution in [2.45, 2.75) is 58.3 Å². The molecule has 0 aromatic carbocycles. The third-order valence-electron chi connectivity index (χ3n) is 3.14. The molecular weight excluding hydrogens is 188 g/mol. The number of Topliss-reactive ketones (excluding diaryl/α,β-unsaturated/α-hetero) is 1. The standard InChI is InChI=1S/C13H24O2/c1-2-3-4-5-6-9-13(14)12-8-7-10-15-11-12/h12H,2-11H2,1H3. The quantitative estimate of drug-likeness (QED) is 0.605. The molecule has 0 aromatic heterocycles. The van der Waals surface area contributed by atoms with Crippen LogP contribution in [0.3, 0.4) is 0 Å². The molecule has 2 nitrogen and oxygen atoms in total. The van der Waals surface area contributed by atoms with Crippen molar-refractivity contribution in [1.82, 2.24) is 0 Å². The zero-order valence-electron chi connectivity index (χ0n) is 9.96. The SMILES string of the molecule is CCCCCCCC(=O)C1CCCOC1. The van der Waals surface area contributed by atoms with Crippen LogP contribution >= 0.6 is 0 Å². The van der Waals surface area contributed by atoms with Crippen molar-refractivity contribution >= 4 is 5.78 Å². The van der Waals surface area contributed by atoms with Gasteiger partial charge in [0, 0.05) is 18.9 Å². The lowest BCUT2D eigenvalue weighted by molar-refractivity contribution is -0.126. The Morgan fingerprint density at radius 1 is 1.27 bits per heavy atom. The predicted molar refractivity (Wildman–Crippen MR) is 61.9 cm³/mol. The number of ketones is 1. The zero-order chi connectivity index (χ0) is 10.9. The van der Waals surface area contributed by atoms with E-state index >= 15 is 0 Å². The molecule has 0 amide bonds. The summed E-state index contributed by atoms with van der Waals surface area (Å²) in [5.41, 5.74) is 0. The Bertz CT molecular complexity index is 171. The maximum absolute atomic E-state index is 11.8. The molecule has 1 saturated heterocycles. The van der Waals surface area contributed by atoms with Gasteiger partial charge in [0.25, 0.3) is 0 Å². The van der Waals surface area contributed by atoms with Gasteiger partial charge >= 0.3 is 0 Å². The molecule has 0 bridgehead atoms. The van der Waals surface area contributed by atoms with Gasteiger partial charge in [-0.05, 0) is 19.3 Å². The Labute approximate surface area is 93.4 Å². The Morgan fingerprint density at radius 2 is 2.07 bits per heavy atom. The van der Waals surface area contributed by atoms with Crippen LogP contribution in [0.2, 0.25) is 0 Å². The van der Waals surface area contributed by atoms with E-state index < -0.39 is 0 Å². The Morgan fingerprint density at radius 3 is 2.73 bits per heavy atom. The van der Waals surface area contributed by atoms with E-state index in [0.717, 1.165) is 32.3 Å². The van der Waals surface area contributed by atoms with Crippen molar-refractivity contribution in [2.75, 3.05) is 13.2 Å². The highest BCUT2D eigenvalue weighted by Crippen LogP contribution is 2.17. The summed E-state index contributed by atoms with van der Waals surface area (Å²) in [6.45, 7) is 3.73. The maximum Gasteiger partial charge on any atom is 0.138 e. The van der Waals surface area contributed by atoms with Gasteiger partial charge in [0.1, 0.15) is 5.78 Å². The van der Waals surface area contributed by atoms with Crippen LogP contribution in [0.15, 0.2) is 0 Å². The Kier molecular flexibility index (Phi) is 6.66. The lowest BCUT2D eigenvalue weighted by Gasteiger charge is -2.20. The normalized spacial score (nSPS) is 21.5. The minimum absolute atomic E-state index is 0.213. The summed E-state index contributed by atoms with van der Waals surface area (Å²) in [6, 6.07) is 0. The molecule has 0 saturated carbocycles. The van der Waals surface area contributed by atoms with Crippen molar-refractivity contribution in [2.24, 2.45) is 5.92 Å². The number of unbranched alkanes of at least 4 members (excludes halogenated alkanes) is 4. The molecule has 1 aliphatic rings. The van der Waals surface area contributed by atoms with Crippen LogP contribution in [0, 0.1) is 5.92 Å². The van der Waals surface area contributed by atoms with E-state index in [9.17, 15) is 4.79 Å². The molecule has 1 aliphatic heterocycles. The monoisotopic (exact) mass is 212 g/mol. The summed E-state index contributed by atoms with van der Waals surface area (Å²) in [4.78, 5) is 11.8. The lowest BCUT2D eigenvalue weighted by Crippen LogP contribution is -2.25. The third-order valence-corrected chi connectivity index (χ3v) is 3.14. The van der Waals surface area contributed by atoms with Gasteiger partial charge in [-0.15, -0.1) is 0 Å². The minimum Gasteiger partial charge on any atom is -0.381 e. The van der Waals surface area contributed by atoms with Gasteiger partial charge in [0.05, 0.1) is 6.61 Å². The summed E-state index contributed by atoms with van der Waals surface area (Å²) < 4.78 is 5.33. The van der Waals surface area contributed by atoms with E-state index in [1.807, 2.05) is 0 Å². The average molecular weight is 212 g/mol. The van der Waals surface area contributed by atoms with E-state index in [4.69, 9.17) is 4.74 Å². The topological polar surface area (TPSA) is 26.3 Å². The molecule has 1 rings (SSSR count). The molecule has 0 radical (unpaired) electrons. The van der Waals surface area contributed by atoms with Crippen molar-refractivity contribution < 1.29 is 9.53 Å². The van der Waals surface area contributed by atoms with Gasteiger partial charge in [0.2, 0.25) is 0 Å². The fraction of sp³-hybridized carbons (Fsp3) is 0.923. The molecule has 88 valence electrons. The second-order valence-corrected chi connectivity index (χ2v) is 4.54. The molecule has 2 heteroatoms. The average Bonchev–Trinajstić information content (AvgIpc) is 2.30. The molecule has 1 atom stereocenters. The first-order chi connectivity index (χ1) is 7.34. The van der Waals surface area contributed by atoms with E-state index in [-0.39, 0.29) is 5.92 Å². The zero-order valence-corrected chi connectivity index (χ0v) is 9.96. The number of carbonyl (C=O) groups is 1. The first-order valence-electron chi connectivity index (χ1n) is 6.45. The van der Waals surface area contributed by atoms with Gasteiger partial charge in [-0.2, -0.15) is 0 Å². The Balaban J connectivity index is 2.02. The predicted octanol–water partition coefficient (Wildman–Crippen LogP) is 3.34. The molecule has 0 N–H and O–H groups in total. The molecule has 1 unspecified atom stereocenters. The second kappa shape index (κ2) is 7.86. The van der Waals surface area contributed by atoms with Gasteiger partial charge in [-0.1, -0.05) is 32.6 Å². The van der Waals surface area contributed by atoms with Gasteiger partial charge in [-0.25, -0.2) is 0 Å². The third kappa shape index (κ3) is 5.31. The summed E-state index contributed by atoms with van der Waals surface area (Å²) in [6.07, 6.45) is 9.04. The van der Waals surface area contributed by atoms with Gasteiger partial charge < -0.3 is 4.74 Å². The van der Waals surface area contributed by atoms with Crippen LogP contribution in [-0.4, -0.2) is 19.0 Å². The van der Waals surface area contributed by atoms with Crippen LogP contribution in [-0.2, 0) is 9.53 Å². The van der Waals surface area contributed by atoms with Crippen molar-refractivity contribution in [3.05, 3.63) is 0 Å². The van der Waals surface area contributed by atoms with E-state index in [1.165, 1.54) is 25.7 Å². The van der Waals surface area contributed by atoms with Crippen LogP contribution in [0.25, 0.3) is 0 Å². The largest absolute Gasteiger partial charge is 0.381 e. The van der Waals surface area contributed by atoms with Crippen LogP contribution in [0.1, 0.15) is 58.3 Å². The Hall–Kier alpha value is -0.370. The molecule has 1 fully saturated rings. The fourth-order valence-corrected chi connectivity index (χ4v) is 2.10. The smallest absolute Gasteiger partial charge is 0.138 e. The van der Waals surface area contributed by atoms with Gasteiger partial charge in [-0.3, -0.25) is 4.79 Å². The number of hydrogen-bond acceptors (Lipinski definition) is 2. The number of carbonyl (C=O) groups excluding carboxylic acids is 1. The van der Waals surface area contributed by atoms with Gasteiger partial charge in [0.15, 0.2) is 0 Å². The number of rotatable bonds is 7. The molecular formula is C13H24O2. The van der Waals surface area contributed by atoms with Crippen molar-refractivity contribution in [1.29, 1.82) is 0 Å². The molecule has 1 heterocycles. The first kappa shape index (κ1) is 12.7. The van der Waals surface area contributed by atoms with Crippen molar-refractivity contribution in [3.8, 4) is 0 Å². The lowest BCUT2D eigenvalue weighted by atomic mass is 9.94. The van der Waals surface area contributed by atoms with Crippen LogP contribution < -0.4 is 0 Å². The summed E-state index contributed by atoms with van der Waals surface area (Å²) in [7, 11) is 0. The highest BCUT2D eigenvalue weighted by atomic mass is 16.5. The molecule has 15 heavy (non-hydrogen) atoms. The molecule has 0 aliphatic carbocycles. The molecule has 0 aromatic rings. The summed E-state index contributed by atoms with van der Waals surface area (Å²) in [5, 5.41) is 0. The molecule has 0 spiro atoms. The number of ether oxygens (including phenoxy) is 1. The highest BCUT2D eigenvalue weighted by Gasteiger charge is 2.20. The van der Waals surface area contributed by atoms with E-state index in [1.54, 1.807) is 0 Å². The fourth-order valence-electron chi connectivity index (χ4n) is 2.10. The van der Waals surface area contributed by atoms with Crippen molar-refractivity contribution in [3.63, 3.8) is 0 Å². The number of hydrogen-bond donors (Lipinski definition) is 0. The van der Waals surface area contributed by atoms with E-state index in [2.05, 4.69) is 6.92 Å². The minimum atomic E-state index is 0.213. The second-order valence-electron chi connectivity index (χ2n) is 4.54. The van der Waals surface area contributed by atoms with Crippen LogP contribution in [0.5, 0.6) is 0 Å². The summed E-state index contributed by atoms with van der Waals surface area (Å²) >= 11 is 0. The van der Waals surface area contributed by atoms with Crippen LogP contribution in [0.4, 0.5) is 0 Å². The first-order valence-corrected chi connectivity index (χ1v) is 6.45.